The molecule has 4 nitrogen and oxygen atoms in total. The minimum absolute atomic E-state index is 0.00419. The van der Waals surface area contributed by atoms with E-state index in [4.69, 9.17) is 22.1 Å². The van der Waals surface area contributed by atoms with Crippen LogP contribution in [0.4, 0.5) is 0 Å². The molecule has 1 aromatic carbocycles. The lowest BCUT2D eigenvalue weighted by atomic mass is 10.0. The molecule has 20 heavy (non-hydrogen) atoms. The van der Waals surface area contributed by atoms with Gasteiger partial charge in [-0.2, -0.15) is 0 Å². The van der Waals surface area contributed by atoms with E-state index in [2.05, 4.69) is 0 Å². The number of hydrogen-bond donors (Lipinski definition) is 1. The van der Waals surface area contributed by atoms with E-state index in [-0.39, 0.29) is 11.9 Å². The molecule has 0 aromatic heterocycles. The van der Waals surface area contributed by atoms with E-state index in [0.717, 1.165) is 24.9 Å². The van der Waals surface area contributed by atoms with E-state index in [1.807, 2.05) is 29.2 Å². The quantitative estimate of drug-likeness (QED) is 0.907. The van der Waals surface area contributed by atoms with Gasteiger partial charge >= 0.3 is 0 Å². The van der Waals surface area contributed by atoms with Gasteiger partial charge in [-0.25, -0.2) is 0 Å². The highest BCUT2D eigenvalue weighted by Gasteiger charge is 2.32. The number of amides is 1. The Hall–Kier alpha value is -1.10. The summed E-state index contributed by atoms with van der Waals surface area (Å²) in [5.74, 6) is 0.00419. The number of carbonyl (C=O) groups is 1. The predicted octanol–water partition coefficient (Wildman–Crippen LogP) is 2.37. The fraction of sp³-hybridized carbons (Fsp3) is 0.533. The number of halogens is 1. The van der Waals surface area contributed by atoms with Gasteiger partial charge in [0.15, 0.2) is 0 Å². The third-order valence-electron chi connectivity index (χ3n) is 3.72. The molecule has 1 heterocycles. The third kappa shape index (κ3) is 3.51. The average Bonchev–Trinajstić information content (AvgIpc) is 2.93. The minimum Gasteiger partial charge on any atom is -0.385 e. The minimum atomic E-state index is -0.491. The summed E-state index contributed by atoms with van der Waals surface area (Å²) in [4.78, 5) is 14.3. The summed E-state index contributed by atoms with van der Waals surface area (Å²) in [5.41, 5.74) is 7.04. The molecule has 2 atom stereocenters. The maximum Gasteiger partial charge on any atom is 0.240 e. The van der Waals surface area contributed by atoms with Gasteiger partial charge in [-0.15, -0.1) is 0 Å². The molecule has 1 aliphatic heterocycles. The molecule has 1 amide bonds. The van der Waals surface area contributed by atoms with Gasteiger partial charge in [-0.05, 0) is 37.0 Å². The van der Waals surface area contributed by atoms with E-state index < -0.39 is 6.04 Å². The first-order chi connectivity index (χ1) is 9.63. The van der Waals surface area contributed by atoms with E-state index in [0.29, 0.717) is 18.1 Å². The lowest BCUT2D eigenvalue weighted by molar-refractivity contribution is -0.134. The molecule has 0 bridgehead atoms. The van der Waals surface area contributed by atoms with Gasteiger partial charge in [-0.3, -0.25) is 4.79 Å². The second-order valence-electron chi connectivity index (χ2n) is 5.13. The SMILES string of the molecule is COCCC(N)C(=O)N1CCCC1c1cccc(Cl)c1. The zero-order valence-electron chi connectivity index (χ0n) is 11.7. The molecule has 2 unspecified atom stereocenters. The Morgan fingerprint density at radius 1 is 1.60 bits per heavy atom. The van der Waals surface area contributed by atoms with Gasteiger partial charge in [0.2, 0.25) is 5.91 Å². The highest BCUT2D eigenvalue weighted by molar-refractivity contribution is 6.30. The average molecular weight is 297 g/mol. The fourth-order valence-electron chi connectivity index (χ4n) is 2.67. The first-order valence-corrected chi connectivity index (χ1v) is 7.31. The van der Waals surface area contributed by atoms with Crippen molar-refractivity contribution in [1.82, 2.24) is 4.90 Å². The number of ether oxygens (including phenoxy) is 1. The van der Waals surface area contributed by atoms with Crippen LogP contribution in [-0.2, 0) is 9.53 Å². The molecule has 2 N–H and O–H groups in total. The lowest BCUT2D eigenvalue weighted by Gasteiger charge is -2.27. The largest absolute Gasteiger partial charge is 0.385 e. The van der Waals surface area contributed by atoms with Gasteiger partial charge in [0, 0.05) is 25.3 Å². The van der Waals surface area contributed by atoms with E-state index in [9.17, 15) is 4.79 Å². The van der Waals surface area contributed by atoms with Crippen LogP contribution in [0.2, 0.25) is 5.02 Å². The molecule has 1 fully saturated rings. The van der Waals surface area contributed by atoms with E-state index in [1.54, 1.807) is 7.11 Å². The monoisotopic (exact) mass is 296 g/mol. The van der Waals surface area contributed by atoms with Crippen molar-refractivity contribution in [3.05, 3.63) is 34.9 Å². The van der Waals surface area contributed by atoms with Crippen LogP contribution in [0.5, 0.6) is 0 Å². The number of methoxy groups -OCH3 is 1. The molecule has 2 rings (SSSR count). The van der Waals surface area contributed by atoms with Crippen molar-refractivity contribution in [3.63, 3.8) is 0 Å². The maximum atomic E-state index is 12.4. The Kier molecular flexibility index (Phi) is 5.40. The molecule has 0 spiro atoms. The lowest BCUT2D eigenvalue weighted by Crippen LogP contribution is -2.43. The Morgan fingerprint density at radius 3 is 3.10 bits per heavy atom. The Morgan fingerprint density at radius 2 is 2.40 bits per heavy atom. The molecule has 0 radical (unpaired) electrons. The fourth-order valence-corrected chi connectivity index (χ4v) is 2.87. The first-order valence-electron chi connectivity index (χ1n) is 6.94. The zero-order valence-corrected chi connectivity index (χ0v) is 12.5. The number of rotatable bonds is 5. The van der Waals surface area contributed by atoms with Crippen molar-refractivity contribution in [2.75, 3.05) is 20.3 Å². The first kappa shape index (κ1) is 15.3. The van der Waals surface area contributed by atoms with Gasteiger partial charge in [-0.1, -0.05) is 23.7 Å². The summed E-state index contributed by atoms with van der Waals surface area (Å²) in [6.07, 6.45) is 2.51. The topological polar surface area (TPSA) is 55.6 Å². The smallest absolute Gasteiger partial charge is 0.240 e. The molecule has 110 valence electrons. The van der Waals surface area contributed by atoms with Crippen molar-refractivity contribution in [3.8, 4) is 0 Å². The number of hydrogen-bond acceptors (Lipinski definition) is 3. The van der Waals surface area contributed by atoms with E-state index >= 15 is 0 Å². The predicted molar refractivity (Wildman–Crippen MR) is 79.6 cm³/mol. The highest BCUT2D eigenvalue weighted by atomic mass is 35.5. The molecule has 0 aliphatic carbocycles. The van der Waals surface area contributed by atoms with Gasteiger partial charge in [0.25, 0.3) is 0 Å². The Balaban J connectivity index is 2.09. The van der Waals surface area contributed by atoms with Crippen LogP contribution in [0.1, 0.15) is 30.9 Å². The number of likely N-dealkylation sites (tertiary alicyclic amines) is 1. The second-order valence-corrected chi connectivity index (χ2v) is 5.57. The zero-order chi connectivity index (χ0) is 14.5. The van der Waals surface area contributed by atoms with Crippen molar-refractivity contribution in [2.45, 2.75) is 31.3 Å². The van der Waals surface area contributed by atoms with Gasteiger partial charge < -0.3 is 15.4 Å². The van der Waals surface area contributed by atoms with Crippen molar-refractivity contribution < 1.29 is 9.53 Å². The standard InChI is InChI=1S/C15H21ClN2O2/c1-20-9-7-13(17)15(19)18-8-3-6-14(18)11-4-2-5-12(16)10-11/h2,4-5,10,13-14H,3,6-9,17H2,1H3. The van der Waals surface area contributed by atoms with Crippen molar-refractivity contribution in [2.24, 2.45) is 5.73 Å². The molecular formula is C15H21ClN2O2. The summed E-state index contributed by atoms with van der Waals surface area (Å²) < 4.78 is 4.98. The van der Waals surface area contributed by atoms with E-state index in [1.165, 1.54) is 0 Å². The second kappa shape index (κ2) is 7.07. The molecular weight excluding hydrogens is 276 g/mol. The van der Waals surface area contributed by atoms with Gasteiger partial charge in [0.1, 0.15) is 0 Å². The van der Waals surface area contributed by atoms with Crippen LogP contribution in [0.25, 0.3) is 0 Å². The number of nitrogens with two attached hydrogens (primary N) is 1. The molecule has 5 heteroatoms. The van der Waals surface area contributed by atoms with Crippen LogP contribution in [0, 0.1) is 0 Å². The summed E-state index contributed by atoms with van der Waals surface area (Å²) in [5, 5.41) is 0.700. The summed E-state index contributed by atoms with van der Waals surface area (Å²) in [6.45, 7) is 1.26. The summed E-state index contributed by atoms with van der Waals surface area (Å²) >= 11 is 6.04. The van der Waals surface area contributed by atoms with Crippen LogP contribution < -0.4 is 5.73 Å². The van der Waals surface area contributed by atoms with Crippen LogP contribution >= 0.6 is 11.6 Å². The molecule has 0 saturated carbocycles. The van der Waals surface area contributed by atoms with Crippen LogP contribution in [0.3, 0.4) is 0 Å². The van der Waals surface area contributed by atoms with Crippen molar-refractivity contribution >= 4 is 17.5 Å². The molecule has 1 saturated heterocycles. The van der Waals surface area contributed by atoms with Crippen LogP contribution in [0.15, 0.2) is 24.3 Å². The Labute approximate surface area is 124 Å². The molecule has 1 aromatic rings. The van der Waals surface area contributed by atoms with Crippen molar-refractivity contribution in [1.29, 1.82) is 0 Å². The summed E-state index contributed by atoms with van der Waals surface area (Å²) in [6, 6.07) is 7.31. The normalized spacial score (nSPS) is 20.1. The third-order valence-corrected chi connectivity index (χ3v) is 3.95. The maximum absolute atomic E-state index is 12.4. The number of carbonyl (C=O) groups excluding carboxylic acids is 1. The summed E-state index contributed by atoms with van der Waals surface area (Å²) in [7, 11) is 1.61. The highest BCUT2D eigenvalue weighted by Crippen LogP contribution is 2.33. The van der Waals surface area contributed by atoms with Gasteiger partial charge in [0.05, 0.1) is 12.1 Å². The van der Waals surface area contributed by atoms with Crippen LogP contribution in [-0.4, -0.2) is 37.1 Å². The number of nitrogens with zero attached hydrogens (tertiary/aromatic N) is 1. The molecule has 1 aliphatic rings. The number of benzene rings is 1. The Bertz CT molecular complexity index is 467.